The van der Waals surface area contributed by atoms with Crippen LogP contribution in [0.5, 0.6) is 0 Å². The third-order valence-corrected chi connectivity index (χ3v) is 2.91. The number of hydrogen-bond acceptors (Lipinski definition) is 3. The van der Waals surface area contributed by atoms with Gasteiger partial charge in [-0.05, 0) is 69.9 Å². The molecule has 0 atom stereocenters. The van der Waals surface area contributed by atoms with E-state index in [9.17, 15) is 4.79 Å². The van der Waals surface area contributed by atoms with Crippen LogP contribution in [0.1, 0.15) is 43.9 Å². The number of nitrogens with one attached hydrogen (secondary N) is 1. The van der Waals surface area contributed by atoms with Gasteiger partial charge in [0.15, 0.2) is 0 Å². The van der Waals surface area contributed by atoms with Crippen LogP contribution in [0.25, 0.3) is 6.08 Å². The van der Waals surface area contributed by atoms with Gasteiger partial charge in [0.05, 0.1) is 0 Å². The molecule has 21 heavy (non-hydrogen) atoms. The SMILES string of the molecule is Cc1cc(C=CCCNC(=O)OC(C)(C)C)cc(C)c1N. The third kappa shape index (κ3) is 6.34. The first-order valence-corrected chi connectivity index (χ1v) is 7.19. The lowest BCUT2D eigenvalue weighted by atomic mass is 10.0. The minimum absolute atomic E-state index is 0.380. The number of benzene rings is 1. The molecular weight excluding hydrogens is 264 g/mol. The van der Waals surface area contributed by atoms with Crippen molar-refractivity contribution in [2.75, 3.05) is 12.3 Å². The monoisotopic (exact) mass is 290 g/mol. The lowest BCUT2D eigenvalue weighted by molar-refractivity contribution is 0.0529. The molecule has 1 aromatic carbocycles. The molecule has 0 aliphatic heterocycles. The minimum Gasteiger partial charge on any atom is -0.444 e. The van der Waals surface area contributed by atoms with E-state index in [0.717, 1.165) is 28.8 Å². The van der Waals surface area contributed by atoms with Crippen molar-refractivity contribution in [2.24, 2.45) is 0 Å². The molecule has 0 spiro atoms. The molecule has 0 saturated carbocycles. The highest BCUT2D eigenvalue weighted by Gasteiger charge is 2.15. The Morgan fingerprint density at radius 2 is 1.86 bits per heavy atom. The summed E-state index contributed by atoms with van der Waals surface area (Å²) in [6, 6.07) is 4.11. The summed E-state index contributed by atoms with van der Waals surface area (Å²) < 4.78 is 5.16. The van der Waals surface area contributed by atoms with Crippen molar-refractivity contribution < 1.29 is 9.53 Å². The summed E-state index contributed by atoms with van der Waals surface area (Å²) in [4.78, 5) is 11.4. The van der Waals surface area contributed by atoms with Crippen LogP contribution in [0.15, 0.2) is 18.2 Å². The standard InChI is InChI=1S/C17H26N2O2/c1-12-10-14(11-13(2)15(12)18)8-6-7-9-19-16(20)21-17(3,4)5/h6,8,10-11H,7,9,18H2,1-5H3,(H,19,20). The topological polar surface area (TPSA) is 64.3 Å². The molecule has 116 valence electrons. The van der Waals surface area contributed by atoms with Gasteiger partial charge in [0.2, 0.25) is 0 Å². The third-order valence-electron chi connectivity index (χ3n) is 2.91. The van der Waals surface area contributed by atoms with Crippen LogP contribution in [0.2, 0.25) is 0 Å². The number of anilines is 1. The van der Waals surface area contributed by atoms with Gasteiger partial charge >= 0.3 is 6.09 Å². The number of carbonyl (C=O) groups excluding carboxylic acids is 1. The largest absolute Gasteiger partial charge is 0.444 e. The maximum absolute atomic E-state index is 11.4. The lowest BCUT2D eigenvalue weighted by Crippen LogP contribution is -2.32. The number of nitrogens with two attached hydrogens (primary N) is 1. The van der Waals surface area contributed by atoms with Gasteiger partial charge in [-0.15, -0.1) is 0 Å². The molecule has 0 aliphatic rings. The molecule has 0 aliphatic carbocycles. The smallest absolute Gasteiger partial charge is 0.407 e. The normalized spacial score (nSPS) is 11.7. The molecule has 0 bridgehead atoms. The Bertz CT molecular complexity index is 505. The van der Waals surface area contributed by atoms with Crippen molar-refractivity contribution in [3.8, 4) is 0 Å². The molecule has 0 heterocycles. The fourth-order valence-corrected chi connectivity index (χ4v) is 1.90. The van der Waals surface area contributed by atoms with Crippen LogP contribution in [0.3, 0.4) is 0 Å². The Morgan fingerprint density at radius 3 is 2.38 bits per heavy atom. The molecule has 3 N–H and O–H groups in total. The number of carbonyl (C=O) groups is 1. The molecule has 0 fully saturated rings. The number of nitrogen functional groups attached to an aromatic ring is 1. The molecule has 0 aromatic heterocycles. The second-order valence-corrected chi connectivity index (χ2v) is 6.19. The number of rotatable bonds is 4. The molecule has 0 radical (unpaired) electrons. The number of aryl methyl sites for hydroxylation is 2. The zero-order chi connectivity index (χ0) is 16.0. The minimum atomic E-state index is -0.459. The predicted octanol–water partition coefficient (Wildman–Crippen LogP) is 3.81. The maximum Gasteiger partial charge on any atom is 0.407 e. The van der Waals surface area contributed by atoms with Crippen LogP contribution < -0.4 is 11.1 Å². The lowest BCUT2D eigenvalue weighted by Gasteiger charge is -2.19. The first-order chi connectivity index (χ1) is 9.69. The van der Waals surface area contributed by atoms with Crippen molar-refractivity contribution in [1.29, 1.82) is 0 Å². The molecule has 4 nitrogen and oxygen atoms in total. The maximum atomic E-state index is 11.4. The van der Waals surface area contributed by atoms with Crippen molar-refractivity contribution in [1.82, 2.24) is 5.32 Å². The zero-order valence-electron chi connectivity index (χ0n) is 13.6. The van der Waals surface area contributed by atoms with E-state index in [4.69, 9.17) is 10.5 Å². The summed E-state index contributed by atoms with van der Waals surface area (Å²) in [7, 11) is 0. The van der Waals surface area contributed by atoms with Crippen LogP contribution >= 0.6 is 0 Å². The Balaban J connectivity index is 2.41. The fraction of sp³-hybridized carbons (Fsp3) is 0.471. The van der Waals surface area contributed by atoms with Gasteiger partial charge in [0, 0.05) is 12.2 Å². The van der Waals surface area contributed by atoms with Crippen LogP contribution in [-0.2, 0) is 4.74 Å². The molecular formula is C17H26N2O2. The Labute approximate surface area is 127 Å². The van der Waals surface area contributed by atoms with E-state index in [0.29, 0.717) is 6.54 Å². The first-order valence-electron chi connectivity index (χ1n) is 7.19. The summed E-state index contributed by atoms with van der Waals surface area (Å²) in [6.45, 7) is 10.1. The Kier molecular flexibility index (Phi) is 5.82. The van der Waals surface area contributed by atoms with Gasteiger partial charge in [-0.1, -0.05) is 12.2 Å². The molecule has 4 heteroatoms. The van der Waals surface area contributed by atoms with Gasteiger partial charge in [0.1, 0.15) is 5.60 Å². The molecule has 0 unspecified atom stereocenters. The van der Waals surface area contributed by atoms with E-state index in [2.05, 4.69) is 17.4 Å². The second-order valence-electron chi connectivity index (χ2n) is 6.19. The fourth-order valence-electron chi connectivity index (χ4n) is 1.90. The second kappa shape index (κ2) is 7.16. The van der Waals surface area contributed by atoms with Gasteiger partial charge in [0.25, 0.3) is 0 Å². The van der Waals surface area contributed by atoms with Crippen LogP contribution in [-0.4, -0.2) is 18.2 Å². The number of hydrogen-bond donors (Lipinski definition) is 2. The van der Waals surface area contributed by atoms with E-state index in [-0.39, 0.29) is 6.09 Å². The van der Waals surface area contributed by atoms with Crippen molar-refractivity contribution in [3.05, 3.63) is 34.9 Å². The Morgan fingerprint density at radius 1 is 1.29 bits per heavy atom. The molecule has 1 amide bonds. The van der Waals surface area contributed by atoms with E-state index in [1.165, 1.54) is 0 Å². The Hall–Kier alpha value is -1.97. The first kappa shape index (κ1) is 17.1. The van der Waals surface area contributed by atoms with Crippen LogP contribution in [0.4, 0.5) is 10.5 Å². The molecule has 0 saturated heterocycles. The van der Waals surface area contributed by atoms with Crippen molar-refractivity contribution >= 4 is 17.9 Å². The number of alkyl carbamates (subject to hydrolysis) is 1. The average molecular weight is 290 g/mol. The quantitative estimate of drug-likeness (QED) is 0.654. The summed E-state index contributed by atoms with van der Waals surface area (Å²) in [6.07, 6.45) is 4.44. The van der Waals surface area contributed by atoms with Gasteiger partial charge in [-0.2, -0.15) is 0 Å². The van der Waals surface area contributed by atoms with Crippen molar-refractivity contribution in [2.45, 2.75) is 46.6 Å². The predicted molar refractivity (Wildman–Crippen MR) is 88.2 cm³/mol. The highest BCUT2D eigenvalue weighted by molar-refractivity contribution is 5.67. The van der Waals surface area contributed by atoms with Gasteiger partial charge in [-0.25, -0.2) is 4.79 Å². The highest BCUT2D eigenvalue weighted by atomic mass is 16.6. The van der Waals surface area contributed by atoms with Crippen molar-refractivity contribution in [3.63, 3.8) is 0 Å². The van der Waals surface area contributed by atoms with Gasteiger partial charge in [-0.3, -0.25) is 0 Å². The summed E-state index contributed by atoms with van der Waals surface area (Å²) in [5, 5.41) is 2.72. The molecule has 1 rings (SSSR count). The van der Waals surface area contributed by atoms with E-state index < -0.39 is 5.60 Å². The summed E-state index contributed by atoms with van der Waals surface area (Å²) >= 11 is 0. The number of amides is 1. The van der Waals surface area contributed by atoms with E-state index in [1.54, 1.807) is 0 Å². The molecule has 1 aromatic rings. The van der Waals surface area contributed by atoms with E-state index >= 15 is 0 Å². The summed E-state index contributed by atoms with van der Waals surface area (Å²) in [5.41, 5.74) is 9.60. The average Bonchev–Trinajstić information content (AvgIpc) is 2.33. The van der Waals surface area contributed by atoms with Crippen LogP contribution in [0, 0.1) is 13.8 Å². The van der Waals surface area contributed by atoms with E-state index in [1.807, 2.05) is 46.8 Å². The highest BCUT2D eigenvalue weighted by Crippen LogP contribution is 2.19. The summed E-state index contributed by atoms with van der Waals surface area (Å²) in [5.74, 6) is 0. The number of ether oxygens (including phenoxy) is 1. The zero-order valence-corrected chi connectivity index (χ0v) is 13.6. The van der Waals surface area contributed by atoms with Gasteiger partial charge < -0.3 is 15.8 Å².